The molecule has 0 unspecified atom stereocenters. The number of nitrogens with one attached hydrogen (secondary N) is 2. The number of carbonyl (C=O) groups excluding carboxylic acids is 1. The van der Waals surface area contributed by atoms with Crippen molar-refractivity contribution in [2.45, 2.75) is 51.6 Å². The molecule has 1 aliphatic rings. The Bertz CT molecular complexity index is 464. The number of hydrogen-bond acceptors (Lipinski definition) is 2. The number of anilines is 1. The van der Waals surface area contributed by atoms with Crippen LogP contribution in [0.15, 0.2) is 24.3 Å². The van der Waals surface area contributed by atoms with Crippen molar-refractivity contribution in [1.29, 1.82) is 0 Å². The fourth-order valence-corrected chi connectivity index (χ4v) is 2.97. The first kappa shape index (κ1) is 15.3. The Labute approximate surface area is 126 Å². The fourth-order valence-electron chi connectivity index (χ4n) is 2.78. The van der Waals surface area contributed by atoms with Gasteiger partial charge in [0.15, 0.2) is 0 Å². The van der Waals surface area contributed by atoms with Gasteiger partial charge in [-0.1, -0.05) is 37.4 Å². The van der Waals surface area contributed by atoms with Crippen LogP contribution in [0, 0.1) is 5.92 Å². The number of hydrogen-bond donors (Lipinski definition) is 2. The molecule has 0 spiro atoms. The van der Waals surface area contributed by atoms with Crippen molar-refractivity contribution in [2.24, 2.45) is 5.92 Å². The molecule has 3 nitrogen and oxygen atoms in total. The van der Waals surface area contributed by atoms with Gasteiger partial charge in [-0.25, -0.2) is 0 Å². The van der Waals surface area contributed by atoms with Gasteiger partial charge < -0.3 is 10.6 Å². The van der Waals surface area contributed by atoms with Gasteiger partial charge in [0, 0.05) is 16.8 Å². The lowest BCUT2D eigenvalue weighted by Gasteiger charge is -2.31. The zero-order chi connectivity index (χ0) is 14.5. The van der Waals surface area contributed by atoms with Crippen LogP contribution in [0.25, 0.3) is 0 Å². The highest BCUT2D eigenvalue weighted by Crippen LogP contribution is 2.24. The molecule has 110 valence electrons. The number of rotatable bonds is 4. The topological polar surface area (TPSA) is 41.1 Å². The molecule has 0 heterocycles. The highest BCUT2D eigenvalue weighted by Gasteiger charge is 2.24. The van der Waals surface area contributed by atoms with Crippen molar-refractivity contribution in [3.63, 3.8) is 0 Å². The second-order valence-corrected chi connectivity index (χ2v) is 6.19. The number of amides is 1. The van der Waals surface area contributed by atoms with E-state index in [1.165, 1.54) is 19.3 Å². The summed E-state index contributed by atoms with van der Waals surface area (Å²) >= 11 is 5.92. The Hall–Kier alpha value is -1.06. The summed E-state index contributed by atoms with van der Waals surface area (Å²) in [5.74, 6) is 0.634. The molecule has 1 aliphatic carbocycles. The van der Waals surface area contributed by atoms with Crippen LogP contribution >= 0.6 is 11.6 Å². The van der Waals surface area contributed by atoms with Crippen LogP contribution in [0.2, 0.25) is 5.02 Å². The summed E-state index contributed by atoms with van der Waals surface area (Å²) in [6.45, 7) is 4.18. The third kappa shape index (κ3) is 4.22. The molecule has 2 rings (SSSR count). The Morgan fingerprint density at radius 3 is 2.80 bits per heavy atom. The van der Waals surface area contributed by atoms with Gasteiger partial charge in [-0.2, -0.15) is 0 Å². The van der Waals surface area contributed by atoms with Gasteiger partial charge >= 0.3 is 0 Å². The molecule has 1 amide bonds. The second kappa shape index (κ2) is 7.09. The van der Waals surface area contributed by atoms with Crippen LogP contribution < -0.4 is 10.6 Å². The van der Waals surface area contributed by atoms with E-state index in [1.54, 1.807) is 12.1 Å². The summed E-state index contributed by atoms with van der Waals surface area (Å²) in [5, 5.41) is 6.99. The van der Waals surface area contributed by atoms with Crippen molar-refractivity contribution >= 4 is 23.2 Å². The van der Waals surface area contributed by atoms with E-state index >= 15 is 0 Å². The number of carbonyl (C=O) groups is 1. The van der Waals surface area contributed by atoms with Gasteiger partial charge in [-0.15, -0.1) is 0 Å². The van der Waals surface area contributed by atoms with Crippen LogP contribution in [-0.2, 0) is 4.79 Å². The van der Waals surface area contributed by atoms with Gasteiger partial charge in [-0.05, 0) is 43.9 Å². The van der Waals surface area contributed by atoms with Gasteiger partial charge in [0.25, 0.3) is 0 Å². The first-order chi connectivity index (χ1) is 9.56. The van der Waals surface area contributed by atoms with Crippen molar-refractivity contribution in [1.82, 2.24) is 5.32 Å². The van der Waals surface area contributed by atoms with Crippen molar-refractivity contribution in [3.05, 3.63) is 29.3 Å². The molecule has 0 aromatic heterocycles. The van der Waals surface area contributed by atoms with Gasteiger partial charge in [0.05, 0.1) is 6.04 Å². The molecule has 3 atom stereocenters. The highest BCUT2D eigenvalue weighted by molar-refractivity contribution is 6.30. The number of benzene rings is 1. The standard InChI is InChI=1S/C16H23ClN2O/c1-11-6-3-4-9-15(11)18-12(2)16(20)19-14-8-5-7-13(17)10-14/h5,7-8,10-12,15,18H,3-4,6,9H2,1-2H3,(H,19,20)/t11-,12+,15+/m1/s1. The average Bonchev–Trinajstić information content (AvgIpc) is 2.41. The third-order valence-electron chi connectivity index (χ3n) is 4.06. The summed E-state index contributed by atoms with van der Waals surface area (Å²) in [6, 6.07) is 7.49. The van der Waals surface area contributed by atoms with Crippen molar-refractivity contribution in [3.8, 4) is 0 Å². The Kier molecular flexibility index (Phi) is 5.44. The summed E-state index contributed by atoms with van der Waals surface area (Å²) in [7, 11) is 0. The summed E-state index contributed by atoms with van der Waals surface area (Å²) in [5.41, 5.74) is 0.743. The normalized spacial score (nSPS) is 24.1. The smallest absolute Gasteiger partial charge is 0.241 e. The lowest BCUT2D eigenvalue weighted by Crippen LogP contribution is -2.47. The van der Waals surface area contributed by atoms with E-state index in [4.69, 9.17) is 11.6 Å². The largest absolute Gasteiger partial charge is 0.325 e. The second-order valence-electron chi connectivity index (χ2n) is 5.76. The Morgan fingerprint density at radius 1 is 1.35 bits per heavy atom. The molecular weight excluding hydrogens is 272 g/mol. The molecule has 1 aromatic carbocycles. The summed E-state index contributed by atoms with van der Waals surface area (Å²) in [4.78, 5) is 12.2. The highest BCUT2D eigenvalue weighted by atomic mass is 35.5. The van der Waals surface area contributed by atoms with E-state index in [9.17, 15) is 4.79 Å². The van der Waals surface area contributed by atoms with Crippen LogP contribution in [0.3, 0.4) is 0 Å². The fraction of sp³-hybridized carbons (Fsp3) is 0.562. The quantitative estimate of drug-likeness (QED) is 0.886. The third-order valence-corrected chi connectivity index (χ3v) is 4.30. The Morgan fingerprint density at radius 2 is 2.10 bits per heavy atom. The van der Waals surface area contributed by atoms with Crippen LogP contribution in [0.1, 0.15) is 39.5 Å². The lowest BCUT2D eigenvalue weighted by atomic mass is 9.85. The van der Waals surface area contributed by atoms with E-state index in [0.29, 0.717) is 17.0 Å². The van der Waals surface area contributed by atoms with E-state index in [2.05, 4.69) is 17.6 Å². The van der Waals surface area contributed by atoms with Crippen LogP contribution in [-0.4, -0.2) is 18.0 Å². The molecule has 0 radical (unpaired) electrons. The minimum Gasteiger partial charge on any atom is -0.325 e. The maximum Gasteiger partial charge on any atom is 0.241 e. The van der Waals surface area contributed by atoms with Crippen LogP contribution in [0.4, 0.5) is 5.69 Å². The van der Waals surface area contributed by atoms with E-state index in [-0.39, 0.29) is 11.9 Å². The molecular formula is C16H23ClN2O. The Balaban J connectivity index is 1.88. The van der Waals surface area contributed by atoms with Gasteiger partial charge in [0.1, 0.15) is 0 Å². The SMILES string of the molecule is C[C@H](N[C@H]1CCCC[C@H]1C)C(=O)Nc1cccc(Cl)c1. The van der Waals surface area contributed by atoms with Gasteiger partial charge in [0.2, 0.25) is 5.91 Å². The minimum atomic E-state index is -0.195. The molecule has 0 saturated heterocycles. The predicted octanol–water partition coefficient (Wildman–Crippen LogP) is 3.84. The van der Waals surface area contributed by atoms with Gasteiger partial charge in [-0.3, -0.25) is 4.79 Å². The molecule has 2 N–H and O–H groups in total. The molecule has 1 fully saturated rings. The molecule has 0 aliphatic heterocycles. The van der Waals surface area contributed by atoms with E-state index in [0.717, 1.165) is 12.1 Å². The van der Waals surface area contributed by atoms with Crippen LogP contribution in [0.5, 0.6) is 0 Å². The monoisotopic (exact) mass is 294 g/mol. The maximum absolute atomic E-state index is 12.2. The molecule has 1 aromatic rings. The lowest BCUT2D eigenvalue weighted by molar-refractivity contribution is -0.118. The summed E-state index contributed by atoms with van der Waals surface area (Å²) in [6.07, 6.45) is 4.98. The zero-order valence-electron chi connectivity index (χ0n) is 12.2. The molecule has 1 saturated carbocycles. The maximum atomic E-state index is 12.2. The first-order valence-electron chi connectivity index (χ1n) is 7.39. The summed E-state index contributed by atoms with van der Waals surface area (Å²) < 4.78 is 0. The molecule has 20 heavy (non-hydrogen) atoms. The zero-order valence-corrected chi connectivity index (χ0v) is 12.9. The minimum absolute atomic E-state index is 0.00922. The van der Waals surface area contributed by atoms with Crippen molar-refractivity contribution in [2.75, 3.05) is 5.32 Å². The molecule has 0 bridgehead atoms. The van der Waals surface area contributed by atoms with E-state index in [1.807, 2.05) is 19.1 Å². The average molecular weight is 295 g/mol. The van der Waals surface area contributed by atoms with Crippen molar-refractivity contribution < 1.29 is 4.79 Å². The molecule has 4 heteroatoms. The van der Waals surface area contributed by atoms with E-state index < -0.39 is 0 Å². The number of halogens is 1. The predicted molar refractivity (Wildman–Crippen MR) is 84.1 cm³/mol. The first-order valence-corrected chi connectivity index (χ1v) is 7.76.